The van der Waals surface area contributed by atoms with Gasteiger partial charge in [0.2, 0.25) is 0 Å². The van der Waals surface area contributed by atoms with Gasteiger partial charge in [0.1, 0.15) is 8.30 Å². The van der Waals surface area contributed by atoms with Crippen LogP contribution in [0.25, 0.3) is 0 Å². The third kappa shape index (κ3) is 5.74. The first-order valence-corrected chi connectivity index (χ1v) is 7.31. The zero-order chi connectivity index (χ0) is 16.4. The van der Waals surface area contributed by atoms with Gasteiger partial charge in [-0.15, -0.1) is 0 Å². The average molecular weight is 327 g/mol. The summed E-state index contributed by atoms with van der Waals surface area (Å²) in [5.41, 5.74) is 0. The molecule has 0 aromatic carbocycles. The van der Waals surface area contributed by atoms with Crippen molar-refractivity contribution in [3.05, 3.63) is 0 Å². The monoisotopic (exact) mass is 327 g/mol. The summed E-state index contributed by atoms with van der Waals surface area (Å²) < 4.78 is 81.5. The molecule has 9 heteroatoms. The summed E-state index contributed by atoms with van der Waals surface area (Å²) >= 11 is 0. The van der Waals surface area contributed by atoms with Crippen molar-refractivity contribution in [3.63, 3.8) is 0 Å². The number of nitrogens with zero attached hydrogens (tertiary/aromatic N) is 1. The Labute approximate surface area is 116 Å². The van der Waals surface area contributed by atoms with Crippen LogP contribution >= 0.6 is 8.30 Å². The SMILES string of the molecule is CCN(CC)P(OC(C(F)(F)F)C(F)(F)F)C(C)(C)C. The van der Waals surface area contributed by atoms with Crippen LogP contribution < -0.4 is 0 Å². The molecule has 0 radical (unpaired) electrons. The van der Waals surface area contributed by atoms with Crippen LogP contribution in [0.4, 0.5) is 26.3 Å². The minimum absolute atomic E-state index is 0.321. The molecule has 0 aliphatic heterocycles. The molecule has 0 spiro atoms. The van der Waals surface area contributed by atoms with Crippen LogP contribution in [0, 0.1) is 0 Å². The molecule has 0 amide bonds. The van der Waals surface area contributed by atoms with Crippen molar-refractivity contribution in [1.29, 1.82) is 0 Å². The highest BCUT2D eigenvalue weighted by Crippen LogP contribution is 2.57. The highest BCUT2D eigenvalue weighted by atomic mass is 31.2. The van der Waals surface area contributed by atoms with Crippen molar-refractivity contribution in [2.24, 2.45) is 0 Å². The van der Waals surface area contributed by atoms with E-state index in [4.69, 9.17) is 0 Å². The van der Waals surface area contributed by atoms with Gasteiger partial charge >= 0.3 is 12.4 Å². The fraction of sp³-hybridized carbons (Fsp3) is 1.00. The highest BCUT2D eigenvalue weighted by molar-refractivity contribution is 7.51. The van der Waals surface area contributed by atoms with Gasteiger partial charge in [-0.3, -0.25) is 4.67 Å². The van der Waals surface area contributed by atoms with Gasteiger partial charge in [0.05, 0.1) is 0 Å². The lowest BCUT2D eigenvalue weighted by atomic mass is 10.3. The minimum atomic E-state index is -5.47. The molecule has 2 nitrogen and oxygen atoms in total. The van der Waals surface area contributed by atoms with Crippen molar-refractivity contribution in [2.75, 3.05) is 13.1 Å². The lowest BCUT2D eigenvalue weighted by Crippen LogP contribution is -2.45. The summed E-state index contributed by atoms with van der Waals surface area (Å²) in [5.74, 6) is 0. The molecular weight excluding hydrogens is 307 g/mol. The molecule has 0 aliphatic rings. The molecule has 0 aromatic rings. The molecule has 0 aliphatic carbocycles. The summed E-state index contributed by atoms with van der Waals surface area (Å²) in [4.78, 5) is 0. The molecule has 0 aromatic heterocycles. The van der Waals surface area contributed by atoms with Crippen molar-refractivity contribution in [1.82, 2.24) is 4.67 Å². The van der Waals surface area contributed by atoms with Crippen LogP contribution in [-0.4, -0.2) is 41.4 Å². The van der Waals surface area contributed by atoms with E-state index in [0.717, 1.165) is 0 Å². The van der Waals surface area contributed by atoms with Crippen LogP contribution in [0.2, 0.25) is 0 Å². The van der Waals surface area contributed by atoms with Gasteiger partial charge in [-0.2, -0.15) is 26.3 Å². The van der Waals surface area contributed by atoms with Crippen molar-refractivity contribution >= 4 is 8.30 Å². The summed E-state index contributed by atoms with van der Waals surface area (Å²) in [7, 11) is -2.04. The maximum Gasteiger partial charge on any atom is 0.424 e. The lowest BCUT2D eigenvalue weighted by Gasteiger charge is -2.40. The lowest BCUT2D eigenvalue weighted by molar-refractivity contribution is -0.299. The second-order valence-corrected chi connectivity index (χ2v) is 7.82. The number of alkyl halides is 6. The van der Waals surface area contributed by atoms with Gasteiger partial charge in [-0.1, -0.05) is 34.6 Å². The minimum Gasteiger partial charge on any atom is -0.321 e. The molecule has 0 fully saturated rings. The number of hydrogen-bond acceptors (Lipinski definition) is 2. The average Bonchev–Trinajstić information content (AvgIpc) is 2.18. The smallest absolute Gasteiger partial charge is 0.321 e. The quantitative estimate of drug-likeness (QED) is 0.523. The zero-order valence-electron chi connectivity index (χ0n) is 12.1. The van der Waals surface area contributed by atoms with Gasteiger partial charge in [0, 0.05) is 18.2 Å². The fourth-order valence-corrected chi connectivity index (χ4v) is 3.79. The molecule has 0 saturated heterocycles. The third-order valence-corrected chi connectivity index (χ3v) is 5.00. The summed E-state index contributed by atoms with van der Waals surface area (Å²) in [6.07, 6.45) is -14.7. The second kappa shape index (κ2) is 6.79. The van der Waals surface area contributed by atoms with E-state index >= 15 is 0 Å². The Morgan fingerprint density at radius 2 is 1.25 bits per heavy atom. The summed E-state index contributed by atoms with van der Waals surface area (Å²) in [6.45, 7) is 8.69. The standard InChI is InChI=1S/C11H20F6NOP/c1-6-18(7-2)20(9(3,4)5)19-8(10(12,13)14)11(15,16)17/h8H,6-7H2,1-5H3. The summed E-state index contributed by atoms with van der Waals surface area (Å²) in [5, 5.41) is -0.823. The van der Waals surface area contributed by atoms with Crippen molar-refractivity contribution in [3.8, 4) is 0 Å². The van der Waals surface area contributed by atoms with Crippen molar-refractivity contribution in [2.45, 2.75) is 58.2 Å². The fourth-order valence-electron chi connectivity index (χ4n) is 1.53. The first-order valence-electron chi connectivity index (χ1n) is 6.10. The van der Waals surface area contributed by atoms with E-state index < -0.39 is 31.9 Å². The maximum absolute atomic E-state index is 12.6. The van der Waals surface area contributed by atoms with Gasteiger partial charge in [-0.05, 0) is 0 Å². The second-order valence-electron chi connectivity index (χ2n) is 5.15. The Kier molecular flexibility index (Phi) is 6.77. The zero-order valence-corrected chi connectivity index (χ0v) is 13.0. The first-order chi connectivity index (χ1) is 8.75. The third-order valence-electron chi connectivity index (χ3n) is 2.36. The Bertz CT molecular complexity index is 281. The molecule has 20 heavy (non-hydrogen) atoms. The van der Waals surface area contributed by atoms with E-state index in [2.05, 4.69) is 4.52 Å². The van der Waals surface area contributed by atoms with Crippen LogP contribution in [0.5, 0.6) is 0 Å². The van der Waals surface area contributed by atoms with Gasteiger partial charge in [0.15, 0.2) is 0 Å². The van der Waals surface area contributed by atoms with Gasteiger partial charge in [-0.25, -0.2) is 0 Å². The summed E-state index contributed by atoms with van der Waals surface area (Å²) in [6, 6.07) is 0. The van der Waals surface area contributed by atoms with Gasteiger partial charge in [0.25, 0.3) is 6.10 Å². The number of rotatable bonds is 5. The van der Waals surface area contributed by atoms with Crippen LogP contribution in [0.15, 0.2) is 0 Å². The molecule has 1 unspecified atom stereocenters. The van der Waals surface area contributed by atoms with E-state index in [-0.39, 0.29) is 0 Å². The van der Waals surface area contributed by atoms with Crippen LogP contribution in [0.3, 0.4) is 0 Å². The number of hydrogen-bond donors (Lipinski definition) is 0. The van der Waals surface area contributed by atoms with E-state index in [9.17, 15) is 26.3 Å². The normalized spacial score (nSPS) is 16.1. The predicted molar refractivity (Wildman–Crippen MR) is 66.6 cm³/mol. The maximum atomic E-state index is 12.6. The molecule has 0 rings (SSSR count). The Balaban J connectivity index is 5.41. The molecular formula is C11H20F6NOP. The molecule has 0 N–H and O–H groups in total. The highest BCUT2D eigenvalue weighted by Gasteiger charge is 2.60. The van der Waals surface area contributed by atoms with Crippen LogP contribution in [0.1, 0.15) is 34.6 Å². The Morgan fingerprint density at radius 3 is 1.45 bits per heavy atom. The van der Waals surface area contributed by atoms with Gasteiger partial charge < -0.3 is 4.52 Å². The topological polar surface area (TPSA) is 12.5 Å². The van der Waals surface area contributed by atoms with E-state index in [1.807, 2.05) is 0 Å². The predicted octanol–water partition coefficient (Wildman–Crippen LogP) is 4.95. The Hall–Kier alpha value is -0.0700. The molecule has 0 bridgehead atoms. The molecule has 1 atom stereocenters. The molecule has 122 valence electrons. The van der Waals surface area contributed by atoms with Crippen molar-refractivity contribution < 1.29 is 30.9 Å². The first kappa shape index (κ1) is 19.9. The van der Waals surface area contributed by atoms with Crippen LogP contribution in [-0.2, 0) is 4.52 Å². The van der Waals surface area contributed by atoms with E-state index in [0.29, 0.717) is 13.1 Å². The molecule has 0 heterocycles. The number of halogens is 6. The van der Waals surface area contributed by atoms with E-state index in [1.54, 1.807) is 34.6 Å². The van der Waals surface area contributed by atoms with E-state index in [1.165, 1.54) is 4.67 Å². The largest absolute Gasteiger partial charge is 0.424 e. The Morgan fingerprint density at radius 1 is 0.900 bits per heavy atom. The molecule has 0 saturated carbocycles.